The Morgan fingerprint density at radius 1 is 1.03 bits per heavy atom. The minimum atomic E-state index is -0.333. The molecule has 0 bridgehead atoms. The zero-order valence-corrected chi connectivity index (χ0v) is 18.8. The van der Waals surface area contributed by atoms with E-state index >= 15 is 0 Å². The first kappa shape index (κ1) is 19.0. The number of ketones is 1. The number of benzene rings is 2. The van der Waals surface area contributed by atoms with Gasteiger partial charge < -0.3 is 20.1 Å². The zero-order chi connectivity index (χ0) is 20.9. The van der Waals surface area contributed by atoms with Crippen LogP contribution in [-0.4, -0.2) is 12.6 Å². The lowest BCUT2D eigenvalue weighted by Crippen LogP contribution is -2.33. The summed E-state index contributed by atoms with van der Waals surface area (Å²) in [6, 6.07) is 15.9. The number of thiophene rings is 1. The van der Waals surface area contributed by atoms with E-state index in [0.717, 1.165) is 27.1 Å². The van der Waals surface area contributed by atoms with Crippen LogP contribution in [0.5, 0.6) is 11.5 Å². The minimum Gasteiger partial charge on any atom is -0.454 e. The Morgan fingerprint density at radius 2 is 1.84 bits per heavy atom. The van der Waals surface area contributed by atoms with Gasteiger partial charge in [-0.15, -0.1) is 11.3 Å². The first-order valence-corrected chi connectivity index (χ1v) is 11.8. The highest BCUT2D eigenvalue weighted by Crippen LogP contribution is 2.48. The van der Waals surface area contributed by atoms with Crippen LogP contribution in [-0.2, 0) is 4.79 Å². The molecule has 31 heavy (non-hydrogen) atoms. The predicted octanol–water partition coefficient (Wildman–Crippen LogP) is 6.07. The fourth-order valence-electron chi connectivity index (χ4n) is 4.62. The number of nitrogens with one attached hydrogen (secondary N) is 2. The maximum absolute atomic E-state index is 13.6. The van der Waals surface area contributed by atoms with E-state index < -0.39 is 0 Å². The van der Waals surface area contributed by atoms with E-state index in [0.29, 0.717) is 17.9 Å². The molecule has 1 aliphatic carbocycles. The Hall–Kier alpha value is -2.77. The number of carbonyl (C=O) groups excluding carboxylic acids is 1. The van der Waals surface area contributed by atoms with Crippen LogP contribution in [0.1, 0.15) is 28.8 Å². The molecule has 0 fully saturated rings. The van der Waals surface area contributed by atoms with Gasteiger partial charge in [-0.2, -0.15) is 0 Å². The summed E-state index contributed by atoms with van der Waals surface area (Å²) < 4.78 is 12.0. The Morgan fingerprint density at radius 3 is 2.65 bits per heavy atom. The molecule has 6 rings (SSSR count). The van der Waals surface area contributed by atoms with E-state index in [-0.39, 0.29) is 30.5 Å². The van der Waals surface area contributed by atoms with Crippen molar-refractivity contribution in [1.29, 1.82) is 0 Å². The second-order valence-corrected chi connectivity index (χ2v) is 9.75. The zero-order valence-electron chi connectivity index (χ0n) is 16.4. The van der Waals surface area contributed by atoms with Crippen LogP contribution in [0.15, 0.2) is 70.2 Å². The highest BCUT2D eigenvalue weighted by molar-refractivity contribution is 9.10. The average Bonchev–Trinajstić information content (AvgIpc) is 3.42. The maximum atomic E-state index is 13.6. The topological polar surface area (TPSA) is 59.6 Å². The molecule has 3 heterocycles. The van der Waals surface area contributed by atoms with E-state index in [1.54, 1.807) is 11.3 Å². The van der Waals surface area contributed by atoms with Gasteiger partial charge in [0.05, 0.1) is 23.3 Å². The molecule has 2 aliphatic heterocycles. The average molecular weight is 495 g/mol. The summed E-state index contributed by atoms with van der Waals surface area (Å²) in [5.74, 6) is 1.40. The molecule has 156 valence electrons. The largest absolute Gasteiger partial charge is 0.454 e. The standard InChI is InChI=1S/C24H19BrN2O3S/c25-15-11-21-20(29-12-30-21)10-14(15)24-23-18(26-16-4-1-2-5-17(16)27-24)8-13(9-19(23)28)22-6-3-7-31-22/h1-8,10-11,13,23-24,26-27H,9,12H2. The molecule has 2 N–H and O–H groups in total. The van der Waals surface area contributed by atoms with E-state index in [1.165, 1.54) is 4.88 Å². The van der Waals surface area contributed by atoms with Crippen molar-refractivity contribution in [3.8, 4) is 11.5 Å². The monoisotopic (exact) mass is 494 g/mol. The second kappa shape index (κ2) is 7.43. The molecule has 3 atom stereocenters. The normalized spacial score (nSPS) is 23.7. The van der Waals surface area contributed by atoms with Crippen LogP contribution < -0.4 is 20.1 Å². The van der Waals surface area contributed by atoms with Crippen LogP contribution in [0, 0.1) is 5.92 Å². The van der Waals surface area contributed by atoms with Crippen molar-refractivity contribution in [3.05, 3.63) is 80.6 Å². The number of para-hydroxylation sites is 2. The van der Waals surface area contributed by atoms with Gasteiger partial charge in [-0.3, -0.25) is 4.79 Å². The molecule has 0 saturated heterocycles. The van der Waals surface area contributed by atoms with Gasteiger partial charge in [0.15, 0.2) is 11.5 Å². The van der Waals surface area contributed by atoms with Crippen molar-refractivity contribution in [2.24, 2.45) is 5.92 Å². The number of hydrogen-bond acceptors (Lipinski definition) is 6. The molecule has 0 amide bonds. The molecule has 7 heteroatoms. The number of halogens is 1. The Kier molecular flexibility index (Phi) is 4.54. The minimum absolute atomic E-state index is 0.0948. The smallest absolute Gasteiger partial charge is 0.231 e. The molecule has 0 saturated carbocycles. The summed E-state index contributed by atoms with van der Waals surface area (Å²) in [5.41, 5.74) is 3.86. The fourth-order valence-corrected chi connectivity index (χ4v) is 5.99. The van der Waals surface area contributed by atoms with Crippen molar-refractivity contribution in [1.82, 2.24) is 0 Å². The first-order chi connectivity index (χ1) is 15.2. The lowest BCUT2D eigenvalue weighted by atomic mass is 9.78. The highest BCUT2D eigenvalue weighted by Gasteiger charge is 2.41. The van der Waals surface area contributed by atoms with Crippen molar-refractivity contribution < 1.29 is 14.3 Å². The highest BCUT2D eigenvalue weighted by atomic mass is 79.9. The summed E-state index contributed by atoms with van der Waals surface area (Å²) in [6.45, 7) is 0.212. The fraction of sp³-hybridized carbons (Fsp3) is 0.208. The van der Waals surface area contributed by atoms with E-state index in [1.807, 2.05) is 42.5 Å². The summed E-state index contributed by atoms with van der Waals surface area (Å²) in [4.78, 5) is 14.8. The number of allylic oxidation sites excluding steroid dienone is 1. The number of rotatable bonds is 2. The van der Waals surface area contributed by atoms with Crippen LogP contribution >= 0.6 is 27.3 Å². The predicted molar refractivity (Wildman–Crippen MR) is 125 cm³/mol. The SMILES string of the molecule is O=C1CC(c2cccs2)C=C2Nc3ccccc3NC(c3cc4c(cc3Br)OCO4)C12. The number of carbonyl (C=O) groups is 1. The quantitative estimate of drug-likeness (QED) is 0.452. The third kappa shape index (κ3) is 3.23. The van der Waals surface area contributed by atoms with E-state index in [2.05, 4.69) is 44.1 Å². The molecule has 0 spiro atoms. The van der Waals surface area contributed by atoms with Crippen LogP contribution in [0.4, 0.5) is 11.4 Å². The number of anilines is 2. The van der Waals surface area contributed by atoms with Gasteiger partial charge in [-0.1, -0.05) is 40.2 Å². The molecule has 3 aliphatic rings. The lowest BCUT2D eigenvalue weighted by Gasteiger charge is -2.32. The summed E-state index contributed by atoms with van der Waals surface area (Å²) in [7, 11) is 0. The van der Waals surface area contributed by atoms with Crippen LogP contribution in [0.25, 0.3) is 0 Å². The number of Topliss-reactive ketones (excluding diaryl/α,β-unsaturated/α-hetero) is 1. The molecular formula is C24H19BrN2O3S. The van der Waals surface area contributed by atoms with Crippen molar-refractivity contribution in [3.63, 3.8) is 0 Å². The number of fused-ring (bicyclic) bond motifs is 3. The van der Waals surface area contributed by atoms with Gasteiger partial charge in [0.25, 0.3) is 0 Å². The molecule has 0 radical (unpaired) electrons. The Balaban J connectivity index is 1.50. The Labute approximate surface area is 192 Å². The molecular weight excluding hydrogens is 476 g/mol. The van der Waals surface area contributed by atoms with Gasteiger partial charge in [-0.25, -0.2) is 0 Å². The van der Waals surface area contributed by atoms with Gasteiger partial charge >= 0.3 is 0 Å². The van der Waals surface area contributed by atoms with E-state index in [4.69, 9.17) is 9.47 Å². The van der Waals surface area contributed by atoms with Crippen LogP contribution in [0.2, 0.25) is 0 Å². The molecule has 5 nitrogen and oxygen atoms in total. The lowest BCUT2D eigenvalue weighted by molar-refractivity contribution is -0.122. The summed E-state index contributed by atoms with van der Waals surface area (Å²) >= 11 is 5.40. The van der Waals surface area contributed by atoms with E-state index in [9.17, 15) is 4.79 Å². The van der Waals surface area contributed by atoms with Crippen molar-refractivity contribution in [2.75, 3.05) is 17.4 Å². The van der Waals surface area contributed by atoms with Crippen molar-refractivity contribution >= 4 is 44.4 Å². The third-order valence-electron chi connectivity index (χ3n) is 6.07. The van der Waals surface area contributed by atoms with Gasteiger partial charge in [0.2, 0.25) is 6.79 Å². The number of hydrogen-bond donors (Lipinski definition) is 2. The molecule has 3 unspecified atom stereocenters. The number of ether oxygens (including phenoxy) is 2. The van der Waals surface area contributed by atoms with Crippen LogP contribution in [0.3, 0.4) is 0 Å². The van der Waals surface area contributed by atoms with Gasteiger partial charge in [0, 0.05) is 27.4 Å². The van der Waals surface area contributed by atoms with Gasteiger partial charge in [-0.05, 0) is 41.3 Å². The first-order valence-electron chi connectivity index (χ1n) is 10.2. The summed E-state index contributed by atoms with van der Waals surface area (Å²) in [5, 5.41) is 9.27. The van der Waals surface area contributed by atoms with Gasteiger partial charge in [0.1, 0.15) is 5.78 Å². The Bertz CT molecular complexity index is 1210. The molecule has 3 aromatic rings. The maximum Gasteiger partial charge on any atom is 0.231 e. The molecule has 1 aromatic heterocycles. The summed E-state index contributed by atoms with van der Waals surface area (Å²) in [6.07, 6.45) is 2.72. The van der Waals surface area contributed by atoms with Crippen molar-refractivity contribution in [2.45, 2.75) is 18.4 Å². The third-order valence-corrected chi connectivity index (χ3v) is 7.76. The second-order valence-electron chi connectivity index (χ2n) is 7.91. The molecule has 2 aromatic carbocycles.